The smallest absolute Gasteiger partial charge is 0.325 e. The summed E-state index contributed by atoms with van der Waals surface area (Å²) in [6.45, 7) is 9.52. The van der Waals surface area contributed by atoms with Crippen LogP contribution in [0.25, 0.3) is 0 Å². The average Bonchev–Trinajstić information content (AvgIpc) is 2.65. The molecule has 0 aliphatic rings. The Morgan fingerprint density at radius 1 is 0.774 bits per heavy atom. The lowest BCUT2D eigenvalue weighted by atomic mass is 10.00. The van der Waals surface area contributed by atoms with Gasteiger partial charge in [-0.3, -0.25) is 19.2 Å². The first kappa shape index (κ1) is 28.8. The van der Waals surface area contributed by atoms with Gasteiger partial charge >= 0.3 is 5.97 Å². The highest BCUT2D eigenvalue weighted by atomic mass is 16.4. The molecule has 0 heterocycles. The molecule has 10 nitrogen and oxygen atoms in total. The quantitative estimate of drug-likeness (QED) is 0.194. The van der Waals surface area contributed by atoms with Crippen molar-refractivity contribution in [2.45, 2.75) is 90.9 Å². The molecule has 8 N–H and O–H groups in total. The Morgan fingerprint density at radius 2 is 1.29 bits per heavy atom. The average molecular weight is 444 g/mol. The third kappa shape index (κ3) is 12.3. The van der Waals surface area contributed by atoms with E-state index in [1.54, 1.807) is 0 Å². The van der Waals surface area contributed by atoms with Crippen LogP contribution >= 0.6 is 0 Å². The van der Waals surface area contributed by atoms with Crippen molar-refractivity contribution in [2.75, 3.05) is 6.54 Å². The summed E-state index contributed by atoms with van der Waals surface area (Å²) in [5.41, 5.74) is 11.4. The Kier molecular flexibility index (Phi) is 13.7. The molecule has 0 radical (unpaired) electrons. The predicted molar refractivity (Wildman–Crippen MR) is 119 cm³/mol. The first-order valence-electron chi connectivity index (χ1n) is 11.0. The van der Waals surface area contributed by atoms with Crippen molar-refractivity contribution in [2.24, 2.45) is 23.3 Å². The Bertz CT molecular complexity index is 597. The number of aliphatic carboxylic acids is 1. The van der Waals surface area contributed by atoms with Gasteiger partial charge in [-0.2, -0.15) is 0 Å². The second-order valence-corrected chi connectivity index (χ2v) is 8.84. The van der Waals surface area contributed by atoms with Crippen molar-refractivity contribution in [3.8, 4) is 0 Å². The molecule has 4 unspecified atom stereocenters. The van der Waals surface area contributed by atoms with Crippen molar-refractivity contribution in [3.05, 3.63) is 0 Å². The topological polar surface area (TPSA) is 177 Å². The molecule has 0 aliphatic carbocycles. The molecule has 31 heavy (non-hydrogen) atoms. The van der Waals surface area contributed by atoms with Gasteiger partial charge in [0.15, 0.2) is 0 Å². The van der Waals surface area contributed by atoms with Gasteiger partial charge in [0.1, 0.15) is 18.1 Å². The zero-order valence-electron chi connectivity index (χ0n) is 19.4. The number of carboxylic acid groups (broad SMARTS) is 1. The number of nitrogens with one attached hydrogen (secondary N) is 3. The fourth-order valence-corrected chi connectivity index (χ4v) is 3.01. The summed E-state index contributed by atoms with van der Waals surface area (Å²) in [6.07, 6.45) is 2.39. The molecule has 4 atom stereocenters. The molecule has 0 rings (SSSR count). The van der Waals surface area contributed by atoms with E-state index in [1.807, 2.05) is 27.7 Å². The van der Waals surface area contributed by atoms with Crippen molar-refractivity contribution < 1.29 is 24.3 Å². The van der Waals surface area contributed by atoms with Gasteiger partial charge in [-0.1, -0.05) is 27.7 Å². The van der Waals surface area contributed by atoms with Gasteiger partial charge in [-0.15, -0.1) is 0 Å². The second kappa shape index (κ2) is 14.7. The standard InChI is InChI=1S/C21H41N5O5/c1-12(2)10-15(23)18(27)26-17(11-13(3)4)20(29)25-16(8-6-7-9-22)19(28)24-14(5)21(30)31/h12-17H,6-11,22-23H2,1-5H3,(H,24,28)(H,25,29)(H,26,27)(H,30,31). The lowest BCUT2D eigenvalue weighted by Crippen LogP contribution is -2.57. The van der Waals surface area contributed by atoms with Crippen LogP contribution in [-0.4, -0.2) is 59.5 Å². The van der Waals surface area contributed by atoms with Crippen LogP contribution in [0.3, 0.4) is 0 Å². The Labute approximate surface area is 185 Å². The second-order valence-electron chi connectivity index (χ2n) is 8.84. The first-order chi connectivity index (χ1) is 14.4. The van der Waals surface area contributed by atoms with Crippen LogP contribution in [0.2, 0.25) is 0 Å². The molecule has 0 saturated heterocycles. The van der Waals surface area contributed by atoms with Crippen LogP contribution in [0.15, 0.2) is 0 Å². The van der Waals surface area contributed by atoms with E-state index in [0.717, 1.165) is 0 Å². The van der Waals surface area contributed by atoms with Gasteiger partial charge < -0.3 is 32.5 Å². The van der Waals surface area contributed by atoms with E-state index in [4.69, 9.17) is 16.6 Å². The number of carboxylic acids is 1. The lowest BCUT2D eigenvalue weighted by molar-refractivity contribution is -0.141. The monoisotopic (exact) mass is 443 g/mol. The van der Waals surface area contributed by atoms with Crippen molar-refractivity contribution in [1.82, 2.24) is 16.0 Å². The summed E-state index contributed by atoms with van der Waals surface area (Å²) in [4.78, 5) is 49.0. The van der Waals surface area contributed by atoms with Crippen molar-refractivity contribution in [3.63, 3.8) is 0 Å². The van der Waals surface area contributed by atoms with Crippen molar-refractivity contribution >= 4 is 23.7 Å². The first-order valence-corrected chi connectivity index (χ1v) is 11.0. The summed E-state index contributed by atoms with van der Waals surface area (Å²) >= 11 is 0. The number of nitrogens with two attached hydrogens (primary N) is 2. The minimum atomic E-state index is -1.18. The number of rotatable bonds is 15. The SMILES string of the molecule is CC(C)CC(N)C(=O)NC(CC(C)C)C(=O)NC(CCCCN)C(=O)NC(C)C(=O)O. The zero-order chi connectivity index (χ0) is 24.1. The van der Waals surface area contributed by atoms with E-state index in [1.165, 1.54) is 6.92 Å². The van der Waals surface area contributed by atoms with Gasteiger partial charge in [-0.05, 0) is 57.4 Å². The van der Waals surface area contributed by atoms with Crippen molar-refractivity contribution in [1.29, 1.82) is 0 Å². The zero-order valence-corrected chi connectivity index (χ0v) is 19.4. The van der Waals surface area contributed by atoms with Crippen LogP contribution in [0.1, 0.15) is 66.7 Å². The van der Waals surface area contributed by atoms with Gasteiger partial charge in [0.05, 0.1) is 6.04 Å². The predicted octanol–water partition coefficient (Wildman–Crippen LogP) is 0.0938. The largest absolute Gasteiger partial charge is 0.480 e. The normalized spacial score (nSPS) is 15.1. The Morgan fingerprint density at radius 3 is 1.77 bits per heavy atom. The third-order valence-corrected chi connectivity index (χ3v) is 4.71. The van der Waals surface area contributed by atoms with E-state index in [0.29, 0.717) is 38.6 Å². The fourth-order valence-electron chi connectivity index (χ4n) is 3.01. The molecule has 10 heteroatoms. The molecule has 0 fully saturated rings. The van der Waals surface area contributed by atoms with Gasteiger partial charge in [0.2, 0.25) is 17.7 Å². The molecule has 180 valence electrons. The number of unbranched alkanes of at least 4 members (excludes halogenated alkanes) is 1. The molecule has 0 spiro atoms. The molecule has 0 bridgehead atoms. The van der Waals surface area contributed by atoms with Gasteiger partial charge in [0, 0.05) is 0 Å². The molecule has 0 saturated carbocycles. The Hall–Kier alpha value is -2.20. The van der Waals surface area contributed by atoms with Crippen LogP contribution in [0, 0.1) is 11.8 Å². The third-order valence-electron chi connectivity index (χ3n) is 4.71. The minimum Gasteiger partial charge on any atom is -0.480 e. The maximum Gasteiger partial charge on any atom is 0.325 e. The minimum absolute atomic E-state index is 0.105. The van der Waals surface area contributed by atoms with Crippen LogP contribution < -0.4 is 27.4 Å². The number of hydrogen-bond acceptors (Lipinski definition) is 6. The Balaban J connectivity index is 5.33. The molecule has 0 aromatic heterocycles. The fraction of sp³-hybridized carbons (Fsp3) is 0.810. The maximum absolute atomic E-state index is 12.9. The summed E-state index contributed by atoms with van der Waals surface area (Å²) in [7, 11) is 0. The summed E-state index contributed by atoms with van der Waals surface area (Å²) < 4.78 is 0. The summed E-state index contributed by atoms with van der Waals surface area (Å²) in [5, 5.41) is 16.8. The van der Waals surface area contributed by atoms with E-state index < -0.39 is 47.9 Å². The van der Waals surface area contributed by atoms with E-state index in [9.17, 15) is 19.2 Å². The highest BCUT2D eigenvalue weighted by Crippen LogP contribution is 2.09. The molecule has 0 aromatic carbocycles. The van der Waals surface area contributed by atoms with Crippen LogP contribution in [0.4, 0.5) is 0 Å². The molecular formula is C21H41N5O5. The number of carbonyl (C=O) groups is 4. The lowest BCUT2D eigenvalue weighted by Gasteiger charge is -2.26. The summed E-state index contributed by atoms with van der Waals surface area (Å²) in [6, 6.07) is -3.62. The summed E-state index contributed by atoms with van der Waals surface area (Å²) in [5.74, 6) is -2.36. The van der Waals surface area contributed by atoms with E-state index in [-0.39, 0.29) is 11.8 Å². The van der Waals surface area contributed by atoms with Gasteiger partial charge in [-0.25, -0.2) is 0 Å². The number of amides is 3. The molecule has 3 amide bonds. The number of carbonyl (C=O) groups excluding carboxylic acids is 3. The van der Waals surface area contributed by atoms with E-state index >= 15 is 0 Å². The number of hydrogen-bond donors (Lipinski definition) is 6. The highest BCUT2D eigenvalue weighted by Gasteiger charge is 2.29. The van der Waals surface area contributed by atoms with Crippen LogP contribution in [0.5, 0.6) is 0 Å². The molecule has 0 aliphatic heterocycles. The molecular weight excluding hydrogens is 402 g/mol. The van der Waals surface area contributed by atoms with E-state index in [2.05, 4.69) is 16.0 Å². The molecule has 0 aromatic rings. The highest BCUT2D eigenvalue weighted by molar-refractivity contribution is 5.94. The van der Waals surface area contributed by atoms with Crippen LogP contribution in [-0.2, 0) is 19.2 Å². The van der Waals surface area contributed by atoms with Gasteiger partial charge in [0.25, 0.3) is 0 Å². The maximum atomic E-state index is 12.9.